The van der Waals surface area contributed by atoms with Gasteiger partial charge in [0.2, 0.25) is 5.78 Å². The van der Waals surface area contributed by atoms with Crippen LogP contribution >= 0.6 is 22.9 Å². The van der Waals surface area contributed by atoms with Crippen LogP contribution < -0.4 is 5.32 Å². The van der Waals surface area contributed by atoms with Crippen molar-refractivity contribution in [2.45, 2.75) is 25.9 Å². The lowest BCUT2D eigenvalue weighted by Gasteiger charge is -2.12. The number of carbonyl (C=O) groups excluding carboxylic acids is 3. The molecule has 7 heteroatoms. The first-order valence-corrected chi connectivity index (χ1v) is 9.09. The Morgan fingerprint density at radius 2 is 1.88 bits per heavy atom. The van der Waals surface area contributed by atoms with E-state index in [1.807, 2.05) is 5.38 Å². The van der Waals surface area contributed by atoms with Gasteiger partial charge in [-0.2, -0.15) is 11.3 Å². The zero-order chi connectivity index (χ0) is 18.2. The molecular weight excluding hydrogens is 362 g/mol. The second-order valence-corrected chi connectivity index (χ2v) is 6.59. The van der Waals surface area contributed by atoms with Gasteiger partial charge in [0.05, 0.1) is 0 Å². The van der Waals surface area contributed by atoms with Gasteiger partial charge in [-0.25, -0.2) is 0 Å². The molecule has 0 aliphatic carbocycles. The summed E-state index contributed by atoms with van der Waals surface area (Å²) < 4.78 is 5.14. The molecule has 2 aromatic rings. The Balaban J connectivity index is 1.69. The van der Waals surface area contributed by atoms with Crippen LogP contribution in [0.1, 0.15) is 40.5 Å². The second-order valence-electron chi connectivity index (χ2n) is 5.37. The number of halogens is 1. The predicted octanol–water partition coefficient (Wildman–Crippen LogP) is 3.73. The average Bonchev–Trinajstić information content (AvgIpc) is 3.13. The molecular formula is C18H18ClNO4S. The minimum Gasteiger partial charge on any atom is -0.454 e. The Morgan fingerprint density at radius 1 is 1.16 bits per heavy atom. The molecule has 0 saturated heterocycles. The van der Waals surface area contributed by atoms with E-state index in [1.54, 1.807) is 35.7 Å². The molecule has 0 bridgehead atoms. The first-order valence-electron chi connectivity index (χ1n) is 7.77. The third-order valence-electron chi connectivity index (χ3n) is 3.43. The lowest BCUT2D eigenvalue weighted by molar-refractivity contribution is -0.146. The summed E-state index contributed by atoms with van der Waals surface area (Å²) in [7, 11) is 0. The molecule has 1 heterocycles. The number of rotatable bonds is 8. The third kappa shape index (κ3) is 5.99. The van der Waals surface area contributed by atoms with E-state index in [2.05, 4.69) is 5.32 Å². The van der Waals surface area contributed by atoms with Crippen LogP contribution in [0, 0.1) is 0 Å². The number of thiophene rings is 1. The first-order chi connectivity index (χ1) is 12.0. The molecule has 5 nitrogen and oxygen atoms in total. The van der Waals surface area contributed by atoms with E-state index < -0.39 is 12.1 Å². The summed E-state index contributed by atoms with van der Waals surface area (Å²) in [5.41, 5.74) is 1.04. The number of esters is 1. The first kappa shape index (κ1) is 19.1. The zero-order valence-electron chi connectivity index (χ0n) is 13.7. The summed E-state index contributed by atoms with van der Waals surface area (Å²) in [5.74, 6) is -0.920. The lowest BCUT2D eigenvalue weighted by atomic mass is 10.1. The molecule has 1 unspecified atom stereocenters. The van der Waals surface area contributed by atoms with Crippen LogP contribution in [0.3, 0.4) is 0 Å². The molecule has 1 aromatic carbocycles. The summed E-state index contributed by atoms with van der Waals surface area (Å²) >= 11 is 7.23. The number of hydrogen-bond acceptors (Lipinski definition) is 5. The van der Waals surface area contributed by atoms with E-state index in [9.17, 15) is 14.4 Å². The van der Waals surface area contributed by atoms with Gasteiger partial charge < -0.3 is 10.1 Å². The topological polar surface area (TPSA) is 72.5 Å². The number of carbonyl (C=O) groups is 3. The number of amides is 1. The molecule has 1 aromatic heterocycles. The van der Waals surface area contributed by atoms with Gasteiger partial charge in [-0.1, -0.05) is 11.6 Å². The number of nitrogens with one attached hydrogen (secondary N) is 1. The smallest absolute Gasteiger partial charge is 0.306 e. The molecule has 0 saturated carbocycles. The van der Waals surface area contributed by atoms with Crippen LogP contribution in [-0.2, 0) is 9.53 Å². The van der Waals surface area contributed by atoms with Gasteiger partial charge in [-0.05, 0) is 49.1 Å². The minimum atomic E-state index is -0.867. The van der Waals surface area contributed by atoms with Gasteiger partial charge in [0.1, 0.15) is 0 Å². The van der Waals surface area contributed by atoms with E-state index in [4.69, 9.17) is 16.3 Å². The van der Waals surface area contributed by atoms with Crippen LogP contribution in [0.2, 0.25) is 5.02 Å². The fourth-order valence-corrected chi connectivity index (χ4v) is 2.85. The number of hydrogen-bond donors (Lipinski definition) is 1. The van der Waals surface area contributed by atoms with Crippen molar-refractivity contribution in [2.24, 2.45) is 0 Å². The van der Waals surface area contributed by atoms with Crippen LogP contribution in [-0.4, -0.2) is 30.3 Å². The van der Waals surface area contributed by atoms with Crippen LogP contribution in [0.15, 0.2) is 41.1 Å². The second kappa shape index (κ2) is 9.34. The molecule has 0 fully saturated rings. The maximum atomic E-state index is 12.2. The molecule has 0 aliphatic heterocycles. The Bertz CT molecular complexity index is 728. The summed E-state index contributed by atoms with van der Waals surface area (Å²) in [6.45, 7) is 1.90. The molecule has 132 valence electrons. The van der Waals surface area contributed by atoms with Crippen molar-refractivity contribution < 1.29 is 19.1 Å². The van der Waals surface area contributed by atoms with Crippen molar-refractivity contribution in [1.29, 1.82) is 0 Å². The van der Waals surface area contributed by atoms with Gasteiger partial charge in [0.15, 0.2) is 6.10 Å². The number of ketones is 1. The van der Waals surface area contributed by atoms with Gasteiger partial charge in [0, 0.05) is 34.5 Å². The largest absolute Gasteiger partial charge is 0.454 e. The Labute approximate surface area is 154 Å². The van der Waals surface area contributed by atoms with Gasteiger partial charge >= 0.3 is 5.97 Å². The molecule has 25 heavy (non-hydrogen) atoms. The monoisotopic (exact) mass is 379 g/mol. The van der Waals surface area contributed by atoms with E-state index in [0.29, 0.717) is 29.1 Å². The van der Waals surface area contributed by atoms with Crippen molar-refractivity contribution in [1.82, 2.24) is 5.32 Å². The van der Waals surface area contributed by atoms with Gasteiger partial charge in [-0.15, -0.1) is 0 Å². The molecule has 2 rings (SSSR count). The van der Waals surface area contributed by atoms with E-state index in [0.717, 1.165) is 0 Å². The molecule has 0 radical (unpaired) electrons. The molecule has 0 aliphatic rings. The maximum Gasteiger partial charge on any atom is 0.306 e. The van der Waals surface area contributed by atoms with Crippen molar-refractivity contribution >= 4 is 40.6 Å². The van der Waals surface area contributed by atoms with Crippen molar-refractivity contribution in [2.75, 3.05) is 6.54 Å². The van der Waals surface area contributed by atoms with Gasteiger partial charge in [0.25, 0.3) is 5.91 Å². The Kier molecular flexibility index (Phi) is 7.16. The van der Waals surface area contributed by atoms with Crippen molar-refractivity contribution in [3.05, 3.63) is 57.2 Å². The highest BCUT2D eigenvalue weighted by atomic mass is 35.5. The molecule has 1 atom stereocenters. The quantitative estimate of drug-likeness (QED) is 0.431. The minimum absolute atomic E-state index is 0.127. The fraction of sp³-hybridized carbons (Fsp3) is 0.278. The fourth-order valence-electron chi connectivity index (χ4n) is 2.09. The Hall–Kier alpha value is -2.18. The van der Waals surface area contributed by atoms with Crippen LogP contribution in [0.5, 0.6) is 0 Å². The maximum absolute atomic E-state index is 12.2. The normalized spacial score (nSPS) is 11.6. The highest BCUT2D eigenvalue weighted by molar-refractivity contribution is 7.08. The van der Waals surface area contributed by atoms with Crippen molar-refractivity contribution in [3.8, 4) is 0 Å². The zero-order valence-corrected chi connectivity index (χ0v) is 15.2. The summed E-state index contributed by atoms with van der Waals surface area (Å²) in [4.78, 5) is 35.7. The van der Waals surface area contributed by atoms with E-state index >= 15 is 0 Å². The van der Waals surface area contributed by atoms with E-state index in [1.165, 1.54) is 18.3 Å². The highest BCUT2D eigenvalue weighted by Crippen LogP contribution is 2.13. The molecule has 1 N–H and O–H groups in total. The molecule has 0 spiro atoms. The number of benzene rings is 1. The standard InChI is InChI=1S/C18H18ClNO4S/c1-12(17(22)13-4-6-15(19)7-5-13)24-16(21)3-2-9-20-18(23)14-8-10-25-11-14/h4-8,10-12H,2-3,9H2,1H3,(H,20,23). The summed E-state index contributed by atoms with van der Waals surface area (Å²) in [6.07, 6.45) is -0.298. The summed E-state index contributed by atoms with van der Waals surface area (Å²) in [5, 5.41) is 6.84. The van der Waals surface area contributed by atoms with Crippen LogP contribution in [0.4, 0.5) is 0 Å². The van der Waals surface area contributed by atoms with Crippen LogP contribution in [0.25, 0.3) is 0 Å². The SMILES string of the molecule is CC(OC(=O)CCCNC(=O)c1ccsc1)C(=O)c1ccc(Cl)cc1. The van der Waals surface area contributed by atoms with Crippen molar-refractivity contribution in [3.63, 3.8) is 0 Å². The highest BCUT2D eigenvalue weighted by Gasteiger charge is 2.19. The number of Topliss-reactive ketones (excluding diaryl/α,β-unsaturated/α-hetero) is 1. The van der Waals surface area contributed by atoms with Gasteiger partial charge in [-0.3, -0.25) is 14.4 Å². The summed E-state index contributed by atoms with van der Waals surface area (Å²) in [6, 6.07) is 8.14. The Morgan fingerprint density at radius 3 is 2.52 bits per heavy atom. The third-order valence-corrected chi connectivity index (χ3v) is 4.37. The lowest BCUT2D eigenvalue weighted by Crippen LogP contribution is -2.26. The predicted molar refractivity (Wildman–Crippen MR) is 97.2 cm³/mol. The number of ether oxygens (including phenoxy) is 1. The molecule has 1 amide bonds. The van der Waals surface area contributed by atoms with E-state index in [-0.39, 0.29) is 18.1 Å². The average molecular weight is 380 g/mol.